The second-order valence-corrected chi connectivity index (χ2v) is 5.53. The lowest BCUT2D eigenvalue weighted by molar-refractivity contribution is 0.575. The molecular formula is C20H17O+. The van der Waals surface area contributed by atoms with E-state index in [0.29, 0.717) is 0 Å². The molecule has 0 spiro atoms. The quantitative estimate of drug-likeness (QED) is 0.570. The third-order valence-electron chi connectivity index (χ3n) is 4.15. The fourth-order valence-corrected chi connectivity index (χ4v) is 3.11. The van der Waals surface area contributed by atoms with Crippen LogP contribution in [0.25, 0.3) is 22.6 Å². The summed E-state index contributed by atoms with van der Waals surface area (Å²) in [6, 6.07) is 23.0. The van der Waals surface area contributed by atoms with Crippen molar-refractivity contribution in [2.24, 2.45) is 0 Å². The van der Waals surface area contributed by atoms with Gasteiger partial charge in [-0.1, -0.05) is 36.4 Å². The first-order chi connectivity index (χ1) is 10.4. The number of benzene rings is 2. The summed E-state index contributed by atoms with van der Waals surface area (Å²) in [5, 5.41) is 0. The standard InChI is InChI=1S/C20H17O/c1-3-8-15(9-4-1)19-14-17-12-7-13-18(17)20(21-19)16-10-5-2-6-11-16/h1-6,8-11,14H,7,12-13H2/q+1. The summed E-state index contributed by atoms with van der Waals surface area (Å²) in [6.45, 7) is 0. The lowest BCUT2D eigenvalue weighted by atomic mass is 10.0. The van der Waals surface area contributed by atoms with Crippen molar-refractivity contribution in [3.63, 3.8) is 0 Å². The summed E-state index contributed by atoms with van der Waals surface area (Å²) in [5.74, 6) is 2.01. The van der Waals surface area contributed by atoms with E-state index in [0.717, 1.165) is 29.9 Å². The van der Waals surface area contributed by atoms with Gasteiger partial charge in [0.25, 0.3) is 0 Å². The van der Waals surface area contributed by atoms with E-state index in [1.807, 2.05) is 12.1 Å². The average Bonchev–Trinajstić information content (AvgIpc) is 3.04. The first-order valence-corrected chi connectivity index (χ1v) is 7.51. The van der Waals surface area contributed by atoms with E-state index in [4.69, 9.17) is 4.42 Å². The minimum atomic E-state index is 0.968. The zero-order valence-electron chi connectivity index (χ0n) is 11.9. The maximum Gasteiger partial charge on any atom is 0.364 e. The van der Waals surface area contributed by atoms with Crippen LogP contribution < -0.4 is 0 Å². The van der Waals surface area contributed by atoms with Gasteiger partial charge in [0.2, 0.25) is 0 Å². The molecule has 1 aromatic heterocycles. The highest BCUT2D eigenvalue weighted by Crippen LogP contribution is 2.36. The first kappa shape index (κ1) is 12.3. The number of fused-ring (bicyclic) bond motifs is 1. The Kier molecular flexibility index (Phi) is 3.04. The van der Waals surface area contributed by atoms with Crippen LogP contribution in [0.5, 0.6) is 0 Å². The molecule has 0 N–H and O–H groups in total. The van der Waals surface area contributed by atoms with Crippen molar-refractivity contribution in [1.82, 2.24) is 0 Å². The molecule has 102 valence electrons. The van der Waals surface area contributed by atoms with Gasteiger partial charge < -0.3 is 0 Å². The van der Waals surface area contributed by atoms with Crippen molar-refractivity contribution in [3.8, 4) is 22.6 Å². The van der Waals surface area contributed by atoms with Crippen molar-refractivity contribution in [3.05, 3.63) is 77.9 Å². The minimum absolute atomic E-state index is 0.968. The molecule has 0 saturated heterocycles. The van der Waals surface area contributed by atoms with E-state index < -0.39 is 0 Å². The second kappa shape index (κ2) is 5.17. The maximum absolute atomic E-state index is 6.29. The van der Waals surface area contributed by atoms with Gasteiger partial charge in [-0.25, -0.2) is 4.42 Å². The molecule has 0 fully saturated rings. The lowest BCUT2D eigenvalue weighted by Crippen LogP contribution is -1.91. The number of rotatable bonds is 2. The minimum Gasteiger partial charge on any atom is -0.207 e. The van der Waals surface area contributed by atoms with Gasteiger partial charge in [-0.05, 0) is 49.1 Å². The lowest BCUT2D eigenvalue weighted by Gasteiger charge is -2.01. The topological polar surface area (TPSA) is 11.3 Å². The number of hydrogen-bond donors (Lipinski definition) is 0. The number of hydrogen-bond acceptors (Lipinski definition) is 0. The fraction of sp³-hybridized carbons (Fsp3) is 0.150. The Bertz CT molecular complexity index is 761. The molecule has 0 unspecified atom stereocenters. The molecule has 0 amide bonds. The van der Waals surface area contributed by atoms with Crippen LogP contribution >= 0.6 is 0 Å². The van der Waals surface area contributed by atoms with E-state index in [1.165, 1.54) is 23.1 Å². The van der Waals surface area contributed by atoms with Crippen LogP contribution in [0.2, 0.25) is 0 Å². The molecule has 1 heteroatoms. The van der Waals surface area contributed by atoms with Crippen LogP contribution in [-0.4, -0.2) is 0 Å². The summed E-state index contributed by atoms with van der Waals surface area (Å²) < 4.78 is 6.29. The highest BCUT2D eigenvalue weighted by molar-refractivity contribution is 5.68. The summed E-state index contributed by atoms with van der Waals surface area (Å²) in [6.07, 6.45) is 3.51. The molecule has 0 aliphatic heterocycles. The molecule has 3 aromatic rings. The Balaban J connectivity index is 1.92. The third kappa shape index (κ3) is 2.25. The summed E-state index contributed by atoms with van der Waals surface area (Å²) >= 11 is 0. The van der Waals surface area contributed by atoms with Gasteiger partial charge in [-0.15, -0.1) is 0 Å². The molecule has 0 saturated carbocycles. The molecule has 0 radical (unpaired) electrons. The molecule has 4 rings (SSSR count). The van der Waals surface area contributed by atoms with Crippen molar-refractivity contribution in [2.45, 2.75) is 19.3 Å². The Hall–Kier alpha value is -2.41. The van der Waals surface area contributed by atoms with Crippen LogP contribution in [0.3, 0.4) is 0 Å². The van der Waals surface area contributed by atoms with Crippen LogP contribution in [0.4, 0.5) is 0 Å². The normalized spacial score (nSPS) is 13.1. The van der Waals surface area contributed by atoms with Crippen LogP contribution in [-0.2, 0) is 12.8 Å². The Morgan fingerprint density at radius 1 is 0.714 bits per heavy atom. The predicted octanol–water partition coefficient (Wildman–Crippen LogP) is 5.38. The molecular weight excluding hydrogens is 256 g/mol. The fourth-order valence-electron chi connectivity index (χ4n) is 3.11. The highest BCUT2D eigenvalue weighted by atomic mass is 16.3. The van der Waals surface area contributed by atoms with E-state index in [-0.39, 0.29) is 0 Å². The van der Waals surface area contributed by atoms with Gasteiger partial charge in [0.1, 0.15) is 0 Å². The molecule has 0 atom stereocenters. The van der Waals surface area contributed by atoms with Crippen molar-refractivity contribution in [2.75, 3.05) is 0 Å². The maximum atomic E-state index is 6.29. The van der Waals surface area contributed by atoms with E-state index in [9.17, 15) is 0 Å². The predicted molar refractivity (Wildman–Crippen MR) is 86.0 cm³/mol. The van der Waals surface area contributed by atoms with Gasteiger partial charge in [-0.3, -0.25) is 0 Å². The van der Waals surface area contributed by atoms with Gasteiger partial charge in [0, 0.05) is 6.07 Å². The zero-order valence-corrected chi connectivity index (χ0v) is 11.9. The monoisotopic (exact) mass is 273 g/mol. The zero-order chi connectivity index (χ0) is 14.1. The van der Waals surface area contributed by atoms with Crippen molar-refractivity contribution >= 4 is 0 Å². The van der Waals surface area contributed by atoms with Gasteiger partial charge >= 0.3 is 11.5 Å². The first-order valence-electron chi connectivity index (χ1n) is 7.51. The van der Waals surface area contributed by atoms with Crippen LogP contribution in [0.15, 0.2) is 71.1 Å². The van der Waals surface area contributed by atoms with Gasteiger partial charge in [0.05, 0.1) is 16.7 Å². The van der Waals surface area contributed by atoms with E-state index in [2.05, 4.69) is 54.6 Å². The smallest absolute Gasteiger partial charge is 0.207 e. The van der Waals surface area contributed by atoms with E-state index >= 15 is 0 Å². The summed E-state index contributed by atoms with van der Waals surface area (Å²) in [7, 11) is 0. The second-order valence-electron chi connectivity index (χ2n) is 5.53. The molecule has 1 aliphatic rings. The van der Waals surface area contributed by atoms with Crippen LogP contribution in [0.1, 0.15) is 17.5 Å². The molecule has 21 heavy (non-hydrogen) atoms. The highest BCUT2D eigenvalue weighted by Gasteiger charge is 2.28. The molecule has 1 nitrogen and oxygen atoms in total. The summed E-state index contributed by atoms with van der Waals surface area (Å²) in [4.78, 5) is 0. The van der Waals surface area contributed by atoms with Crippen LogP contribution in [0, 0.1) is 0 Å². The molecule has 0 bridgehead atoms. The van der Waals surface area contributed by atoms with Crippen molar-refractivity contribution < 1.29 is 4.42 Å². The van der Waals surface area contributed by atoms with Crippen molar-refractivity contribution in [1.29, 1.82) is 0 Å². The van der Waals surface area contributed by atoms with Gasteiger partial charge in [-0.2, -0.15) is 0 Å². The van der Waals surface area contributed by atoms with Gasteiger partial charge in [0.15, 0.2) is 0 Å². The Labute approximate surface area is 124 Å². The number of aryl methyl sites for hydroxylation is 1. The Morgan fingerprint density at radius 3 is 2.10 bits per heavy atom. The SMILES string of the molecule is c1ccc(-c2cc3c(c(-c4ccccc4)[o+]2)CCC3)cc1. The van der Waals surface area contributed by atoms with E-state index in [1.54, 1.807) is 0 Å². The Morgan fingerprint density at radius 2 is 1.38 bits per heavy atom. The molecule has 1 heterocycles. The third-order valence-corrected chi connectivity index (χ3v) is 4.15. The average molecular weight is 273 g/mol. The largest absolute Gasteiger partial charge is 0.364 e. The molecule has 1 aliphatic carbocycles. The summed E-state index contributed by atoms with van der Waals surface area (Å²) in [5.41, 5.74) is 5.15. The molecule has 2 aromatic carbocycles.